The Labute approximate surface area is 333 Å². The summed E-state index contributed by atoms with van der Waals surface area (Å²) >= 11 is 0. The van der Waals surface area contributed by atoms with Crippen LogP contribution in [-0.4, -0.2) is 0 Å². The second-order valence-corrected chi connectivity index (χ2v) is 14.8. The molecule has 0 saturated heterocycles. The molecule has 0 aliphatic heterocycles. The average molecular weight is 744 g/mol. The highest BCUT2D eigenvalue weighted by atomic mass is 16.3. The largest absolute Gasteiger partial charge is 0.456 e. The molecule has 0 unspecified atom stereocenters. The van der Waals surface area contributed by atoms with Crippen molar-refractivity contribution in [2.45, 2.75) is 0 Å². The molecular formula is C54H33NO3. The summed E-state index contributed by atoms with van der Waals surface area (Å²) in [7, 11) is 0. The maximum atomic E-state index is 6.60. The highest BCUT2D eigenvalue weighted by molar-refractivity contribution is 6.15. The van der Waals surface area contributed by atoms with Gasteiger partial charge in [-0.25, -0.2) is 0 Å². The summed E-state index contributed by atoms with van der Waals surface area (Å²) in [5.74, 6) is 0. The first kappa shape index (κ1) is 32.4. The van der Waals surface area contributed by atoms with Gasteiger partial charge in [-0.15, -0.1) is 0 Å². The predicted molar refractivity (Wildman–Crippen MR) is 239 cm³/mol. The van der Waals surface area contributed by atoms with E-state index in [0.29, 0.717) is 0 Å². The Morgan fingerprint density at radius 1 is 0.293 bits per heavy atom. The number of hydrogen-bond donors (Lipinski definition) is 0. The zero-order valence-electron chi connectivity index (χ0n) is 31.2. The Kier molecular flexibility index (Phi) is 7.20. The van der Waals surface area contributed by atoms with Gasteiger partial charge in [0.1, 0.15) is 33.5 Å². The number of para-hydroxylation sites is 3. The van der Waals surface area contributed by atoms with Gasteiger partial charge >= 0.3 is 0 Å². The van der Waals surface area contributed by atoms with Gasteiger partial charge in [-0.1, -0.05) is 140 Å². The average Bonchev–Trinajstić information content (AvgIpc) is 3.99. The lowest BCUT2D eigenvalue weighted by atomic mass is 10.00. The van der Waals surface area contributed by atoms with Gasteiger partial charge in [0.05, 0.1) is 11.1 Å². The van der Waals surface area contributed by atoms with Crippen molar-refractivity contribution in [3.8, 4) is 33.4 Å². The minimum Gasteiger partial charge on any atom is -0.456 e. The predicted octanol–water partition coefficient (Wildman–Crippen LogP) is 15.9. The van der Waals surface area contributed by atoms with E-state index in [-0.39, 0.29) is 0 Å². The number of nitrogens with zero attached hydrogens (tertiary/aromatic N) is 1. The van der Waals surface area contributed by atoms with E-state index >= 15 is 0 Å². The molecule has 0 bridgehead atoms. The molecule has 272 valence electrons. The quantitative estimate of drug-likeness (QED) is 0.170. The number of anilines is 3. The summed E-state index contributed by atoms with van der Waals surface area (Å²) in [5.41, 5.74) is 15.0. The third-order valence-electron chi connectivity index (χ3n) is 11.5. The second-order valence-electron chi connectivity index (χ2n) is 14.8. The van der Waals surface area contributed by atoms with Crippen molar-refractivity contribution in [1.29, 1.82) is 0 Å². The molecule has 0 aliphatic carbocycles. The van der Waals surface area contributed by atoms with Gasteiger partial charge in [0.2, 0.25) is 0 Å². The number of hydrogen-bond acceptors (Lipinski definition) is 4. The number of fused-ring (bicyclic) bond motifs is 9. The third kappa shape index (κ3) is 5.09. The lowest BCUT2D eigenvalue weighted by molar-refractivity contribution is 0.668. The zero-order chi connectivity index (χ0) is 38.2. The van der Waals surface area contributed by atoms with E-state index in [4.69, 9.17) is 13.3 Å². The first-order valence-electron chi connectivity index (χ1n) is 19.6. The molecule has 3 heterocycles. The molecule has 12 aromatic rings. The summed E-state index contributed by atoms with van der Waals surface area (Å²) < 4.78 is 19.5. The maximum Gasteiger partial charge on any atom is 0.143 e. The van der Waals surface area contributed by atoms with Crippen LogP contribution in [0.1, 0.15) is 0 Å². The summed E-state index contributed by atoms with van der Waals surface area (Å²) in [5, 5.41) is 6.50. The van der Waals surface area contributed by atoms with E-state index in [1.165, 1.54) is 0 Å². The summed E-state index contributed by atoms with van der Waals surface area (Å²) in [4.78, 5) is 2.34. The monoisotopic (exact) mass is 743 g/mol. The third-order valence-corrected chi connectivity index (χ3v) is 11.5. The Morgan fingerprint density at radius 3 is 1.50 bits per heavy atom. The molecule has 12 rings (SSSR count). The molecule has 9 aromatic carbocycles. The smallest absolute Gasteiger partial charge is 0.143 e. The first-order chi connectivity index (χ1) is 28.7. The molecule has 58 heavy (non-hydrogen) atoms. The molecule has 0 fully saturated rings. The molecule has 3 aromatic heterocycles. The van der Waals surface area contributed by atoms with E-state index in [0.717, 1.165) is 116 Å². The molecular weight excluding hydrogens is 711 g/mol. The number of furan rings is 3. The Hall–Kier alpha value is -7.82. The topological polar surface area (TPSA) is 42.7 Å². The van der Waals surface area contributed by atoms with Crippen molar-refractivity contribution >= 4 is 82.9 Å². The fourth-order valence-corrected chi connectivity index (χ4v) is 8.77. The van der Waals surface area contributed by atoms with Gasteiger partial charge in [0.25, 0.3) is 0 Å². The lowest BCUT2D eigenvalue weighted by Crippen LogP contribution is -2.10. The second kappa shape index (κ2) is 12.9. The maximum absolute atomic E-state index is 6.60. The molecule has 0 amide bonds. The molecule has 0 spiro atoms. The van der Waals surface area contributed by atoms with Crippen LogP contribution in [0.2, 0.25) is 0 Å². The van der Waals surface area contributed by atoms with Crippen LogP contribution in [0.4, 0.5) is 17.1 Å². The van der Waals surface area contributed by atoms with E-state index in [2.05, 4.69) is 181 Å². The molecule has 0 N–H and O–H groups in total. The summed E-state index contributed by atoms with van der Waals surface area (Å²) in [6, 6.07) is 70.1. The van der Waals surface area contributed by atoms with Crippen LogP contribution >= 0.6 is 0 Å². The molecule has 4 nitrogen and oxygen atoms in total. The Balaban J connectivity index is 1.01. The highest BCUT2D eigenvalue weighted by Gasteiger charge is 2.22. The molecule has 0 aliphatic rings. The Morgan fingerprint density at radius 2 is 0.810 bits per heavy atom. The zero-order valence-corrected chi connectivity index (χ0v) is 31.2. The van der Waals surface area contributed by atoms with Crippen LogP contribution in [0.15, 0.2) is 213 Å². The van der Waals surface area contributed by atoms with Gasteiger partial charge < -0.3 is 18.2 Å². The van der Waals surface area contributed by atoms with Crippen LogP contribution < -0.4 is 4.90 Å². The fourth-order valence-electron chi connectivity index (χ4n) is 8.77. The SMILES string of the molecule is c1ccc(-c2cccc3c2oc2ccc(-c4ccc(N(c5ccc6oc7c(-c8ccccc8)cccc7c6c5)c5cccc6oc7ccccc7c56)cc4)cc23)cc1. The van der Waals surface area contributed by atoms with Crippen LogP contribution in [0.3, 0.4) is 0 Å². The van der Waals surface area contributed by atoms with Crippen molar-refractivity contribution in [2.24, 2.45) is 0 Å². The number of benzene rings is 9. The fraction of sp³-hybridized carbons (Fsp3) is 0. The van der Waals surface area contributed by atoms with E-state index in [9.17, 15) is 0 Å². The molecule has 0 atom stereocenters. The van der Waals surface area contributed by atoms with E-state index in [1.54, 1.807) is 0 Å². The van der Waals surface area contributed by atoms with Crippen molar-refractivity contribution in [2.75, 3.05) is 4.90 Å². The normalized spacial score (nSPS) is 11.8. The summed E-state index contributed by atoms with van der Waals surface area (Å²) in [6.45, 7) is 0. The van der Waals surface area contributed by atoms with Crippen LogP contribution in [-0.2, 0) is 0 Å². The molecule has 0 saturated carbocycles. The number of rotatable bonds is 6. The minimum absolute atomic E-state index is 0.846. The Bertz CT molecular complexity index is 3500. The molecule has 4 heteroatoms. The van der Waals surface area contributed by atoms with Crippen LogP contribution in [0.25, 0.3) is 99.2 Å². The van der Waals surface area contributed by atoms with Gasteiger partial charge in [-0.3, -0.25) is 0 Å². The minimum atomic E-state index is 0.846. The van der Waals surface area contributed by atoms with Gasteiger partial charge in [-0.05, 0) is 82.9 Å². The first-order valence-corrected chi connectivity index (χ1v) is 19.6. The lowest BCUT2D eigenvalue weighted by Gasteiger charge is -2.26. The van der Waals surface area contributed by atoms with Crippen molar-refractivity contribution in [3.05, 3.63) is 200 Å². The molecule has 0 radical (unpaired) electrons. The summed E-state index contributed by atoms with van der Waals surface area (Å²) in [6.07, 6.45) is 0. The van der Waals surface area contributed by atoms with Gasteiger partial charge in [0, 0.05) is 49.4 Å². The van der Waals surface area contributed by atoms with E-state index < -0.39 is 0 Å². The van der Waals surface area contributed by atoms with Crippen molar-refractivity contribution < 1.29 is 13.3 Å². The van der Waals surface area contributed by atoms with Gasteiger partial charge in [0.15, 0.2) is 0 Å². The standard InChI is InChI=1S/C54H33NO3/c1-3-12-35(13-4-1)40-17-9-19-42-45-32-37(26-30-49(45)57-53(40)42)34-24-27-38(28-25-34)55(47-21-11-23-51-52(47)44-16-7-8-22-48(44)56-51)39-29-31-50-46(33-39)43-20-10-18-41(54(43)58-50)36-14-5-2-6-15-36/h1-33H. The van der Waals surface area contributed by atoms with Crippen molar-refractivity contribution in [1.82, 2.24) is 0 Å². The highest BCUT2D eigenvalue weighted by Crippen LogP contribution is 2.46. The van der Waals surface area contributed by atoms with Crippen LogP contribution in [0.5, 0.6) is 0 Å². The van der Waals surface area contributed by atoms with Gasteiger partial charge in [-0.2, -0.15) is 0 Å². The van der Waals surface area contributed by atoms with E-state index in [1.807, 2.05) is 24.3 Å². The van der Waals surface area contributed by atoms with Crippen LogP contribution in [0, 0.1) is 0 Å². The van der Waals surface area contributed by atoms with Crippen molar-refractivity contribution in [3.63, 3.8) is 0 Å².